The van der Waals surface area contributed by atoms with Crippen LogP contribution >= 0.6 is 0 Å². The fourth-order valence-corrected chi connectivity index (χ4v) is 1.85. The maximum Gasteiger partial charge on any atom is 0.0967 e. The Labute approximate surface area is 107 Å². The zero-order valence-electron chi connectivity index (χ0n) is 11.1. The van der Waals surface area contributed by atoms with Crippen LogP contribution in [0.25, 0.3) is 0 Å². The first kappa shape index (κ1) is 12.6. The maximum absolute atomic E-state index is 5.80. The number of hydrogen-bond acceptors (Lipinski definition) is 4. The Balaban J connectivity index is 2.13. The van der Waals surface area contributed by atoms with Crippen molar-refractivity contribution in [1.29, 1.82) is 0 Å². The molecule has 0 aliphatic carbocycles. The monoisotopic (exact) mass is 245 g/mol. The number of nitrogen functional groups attached to an aromatic ring is 1. The first-order valence-electron chi connectivity index (χ1n) is 5.93. The SMILES string of the molecule is Cc1ccc(N)cc1Cn1cc(CN(C)C)nn1. The molecule has 0 bridgehead atoms. The Morgan fingerprint density at radius 3 is 2.83 bits per heavy atom. The van der Waals surface area contributed by atoms with Gasteiger partial charge in [-0.15, -0.1) is 5.10 Å². The maximum atomic E-state index is 5.80. The summed E-state index contributed by atoms with van der Waals surface area (Å²) in [5, 5.41) is 8.28. The Hall–Kier alpha value is -1.88. The lowest BCUT2D eigenvalue weighted by Gasteiger charge is -2.07. The molecule has 96 valence electrons. The van der Waals surface area contributed by atoms with Gasteiger partial charge in [0.05, 0.1) is 18.4 Å². The summed E-state index contributed by atoms with van der Waals surface area (Å²) in [6.07, 6.45) is 1.97. The smallest absolute Gasteiger partial charge is 0.0967 e. The van der Waals surface area contributed by atoms with Gasteiger partial charge in [-0.1, -0.05) is 11.3 Å². The highest BCUT2D eigenvalue weighted by molar-refractivity contribution is 5.44. The number of aryl methyl sites for hydroxylation is 1. The van der Waals surface area contributed by atoms with E-state index in [0.29, 0.717) is 6.54 Å². The summed E-state index contributed by atoms with van der Waals surface area (Å²) in [6, 6.07) is 5.93. The van der Waals surface area contributed by atoms with Crippen LogP contribution in [-0.4, -0.2) is 34.0 Å². The van der Waals surface area contributed by atoms with Gasteiger partial charge in [-0.05, 0) is 44.3 Å². The highest BCUT2D eigenvalue weighted by atomic mass is 15.4. The van der Waals surface area contributed by atoms with E-state index in [1.54, 1.807) is 0 Å². The van der Waals surface area contributed by atoms with E-state index in [0.717, 1.165) is 17.9 Å². The van der Waals surface area contributed by atoms with Crippen LogP contribution in [0.3, 0.4) is 0 Å². The highest BCUT2D eigenvalue weighted by Gasteiger charge is 2.04. The fourth-order valence-electron chi connectivity index (χ4n) is 1.85. The number of nitrogens with zero attached hydrogens (tertiary/aromatic N) is 4. The lowest BCUT2D eigenvalue weighted by molar-refractivity contribution is 0.396. The molecular weight excluding hydrogens is 226 g/mol. The molecule has 0 aliphatic rings. The Morgan fingerprint density at radius 1 is 1.33 bits per heavy atom. The van der Waals surface area contributed by atoms with Crippen molar-refractivity contribution in [3.8, 4) is 0 Å². The molecule has 2 aromatic rings. The van der Waals surface area contributed by atoms with Gasteiger partial charge in [0.15, 0.2) is 0 Å². The molecule has 0 fully saturated rings. The number of aromatic nitrogens is 3. The number of nitrogens with two attached hydrogens (primary N) is 1. The molecule has 0 radical (unpaired) electrons. The Morgan fingerprint density at radius 2 is 2.11 bits per heavy atom. The van der Waals surface area contributed by atoms with Crippen molar-refractivity contribution < 1.29 is 0 Å². The van der Waals surface area contributed by atoms with Crippen LogP contribution in [0.4, 0.5) is 5.69 Å². The zero-order valence-corrected chi connectivity index (χ0v) is 11.1. The second-order valence-electron chi connectivity index (χ2n) is 4.83. The molecule has 0 saturated carbocycles. The fraction of sp³-hybridized carbons (Fsp3) is 0.385. The summed E-state index contributed by atoms with van der Waals surface area (Å²) in [6.45, 7) is 3.58. The molecule has 0 amide bonds. The van der Waals surface area contributed by atoms with Crippen molar-refractivity contribution in [3.63, 3.8) is 0 Å². The van der Waals surface area contributed by atoms with E-state index in [4.69, 9.17) is 5.73 Å². The molecule has 2 rings (SSSR count). The van der Waals surface area contributed by atoms with Gasteiger partial charge >= 0.3 is 0 Å². The minimum Gasteiger partial charge on any atom is -0.399 e. The van der Waals surface area contributed by atoms with Crippen LogP contribution in [0.1, 0.15) is 16.8 Å². The van der Waals surface area contributed by atoms with Crippen LogP contribution in [0.2, 0.25) is 0 Å². The van der Waals surface area contributed by atoms with Crippen molar-refractivity contribution in [2.75, 3.05) is 19.8 Å². The predicted molar refractivity (Wildman–Crippen MR) is 72.1 cm³/mol. The minimum atomic E-state index is 0.706. The van der Waals surface area contributed by atoms with E-state index >= 15 is 0 Å². The average Bonchev–Trinajstić information content (AvgIpc) is 2.70. The molecule has 1 heterocycles. The van der Waals surface area contributed by atoms with E-state index < -0.39 is 0 Å². The van der Waals surface area contributed by atoms with E-state index in [-0.39, 0.29) is 0 Å². The molecule has 0 saturated heterocycles. The Bertz CT molecular complexity index is 530. The normalized spacial score (nSPS) is 11.1. The molecule has 0 spiro atoms. The van der Waals surface area contributed by atoms with Crippen LogP contribution in [0.15, 0.2) is 24.4 Å². The van der Waals surface area contributed by atoms with Crippen molar-refractivity contribution in [1.82, 2.24) is 19.9 Å². The van der Waals surface area contributed by atoms with Gasteiger partial charge in [0, 0.05) is 12.2 Å². The van der Waals surface area contributed by atoms with E-state index in [1.807, 2.05) is 43.2 Å². The summed E-state index contributed by atoms with van der Waals surface area (Å²) >= 11 is 0. The van der Waals surface area contributed by atoms with Crippen LogP contribution in [-0.2, 0) is 13.1 Å². The summed E-state index contributed by atoms with van der Waals surface area (Å²) in [4.78, 5) is 2.07. The highest BCUT2D eigenvalue weighted by Crippen LogP contribution is 2.13. The first-order valence-corrected chi connectivity index (χ1v) is 5.93. The molecule has 1 aromatic heterocycles. The summed E-state index contributed by atoms with van der Waals surface area (Å²) in [5.41, 5.74) is 9.95. The van der Waals surface area contributed by atoms with Crippen LogP contribution in [0, 0.1) is 6.92 Å². The molecule has 0 atom stereocenters. The Kier molecular flexibility index (Phi) is 3.62. The molecule has 0 aliphatic heterocycles. The molecule has 18 heavy (non-hydrogen) atoms. The topological polar surface area (TPSA) is 60.0 Å². The molecule has 5 nitrogen and oxygen atoms in total. The average molecular weight is 245 g/mol. The largest absolute Gasteiger partial charge is 0.399 e. The first-order chi connectivity index (χ1) is 8.54. The third-order valence-electron chi connectivity index (χ3n) is 2.77. The van der Waals surface area contributed by atoms with Crippen molar-refractivity contribution >= 4 is 5.69 Å². The second-order valence-corrected chi connectivity index (χ2v) is 4.83. The summed E-state index contributed by atoms with van der Waals surface area (Å²) in [5.74, 6) is 0. The molecule has 1 aromatic carbocycles. The molecular formula is C13H19N5. The van der Waals surface area contributed by atoms with E-state index in [9.17, 15) is 0 Å². The quantitative estimate of drug-likeness (QED) is 0.824. The number of anilines is 1. The third-order valence-corrected chi connectivity index (χ3v) is 2.77. The van der Waals surface area contributed by atoms with Gasteiger partial charge < -0.3 is 10.6 Å². The van der Waals surface area contributed by atoms with Gasteiger partial charge in [-0.25, -0.2) is 4.68 Å². The molecule has 2 N–H and O–H groups in total. The van der Waals surface area contributed by atoms with Crippen LogP contribution in [0.5, 0.6) is 0 Å². The van der Waals surface area contributed by atoms with Gasteiger partial charge in [0.1, 0.15) is 0 Å². The van der Waals surface area contributed by atoms with Crippen molar-refractivity contribution in [2.24, 2.45) is 0 Å². The van der Waals surface area contributed by atoms with Crippen LogP contribution < -0.4 is 5.73 Å². The predicted octanol–water partition coefficient (Wildman–Crippen LogP) is 1.28. The standard InChI is InChI=1S/C13H19N5/c1-10-4-5-12(14)6-11(10)7-18-9-13(15-16-18)8-17(2)3/h4-6,9H,7-8,14H2,1-3H3. The van der Waals surface area contributed by atoms with Gasteiger partial charge in [0.2, 0.25) is 0 Å². The second kappa shape index (κ2) is 5.18. The van der Waals surface area contributed by atoms with Crippen molar-refractivity contribution in [2.45, 2.75) is 20.0 Å². The number of hydrogen-bond donors (Lipinski definition) is 1. The van der Waals surface area contributed by atoms with E-state index in [1.165, 1.54) is 11.1 Å². The summed E-state index contributed by atoms with van der Waals surface area (Å²) in [7, 11) is 4.03. The van der Waals surface area contributed by atoms with Gasteiger partial charge in [-0.3, -0.25) is 0 Å². The lowest BCUT2D eigenvalue weighted by Crippen LogP contribution is -2.10. The lowest BCUT2D eigenvalue weighted by atomic mass is 10.1. The molecule has 0 unspecified atom stereocenters. The zero-order chi connectivity index (χ0) is 13.1. The molecule has 5 heteroatoms. The van der Waals surface area contributed by atoms with Gasteiger partial charge in [-0.2, -0.15) is 0 Å². The number of benzene rings is 1. The summed E-state index contributed by atoms with van der Waals surface area (Å²) < 4.78 is 1.85. The third kappa shape index (κ3) is 3.07. The van der Waals surface area contributed by atoms with Gasteiger partial charge in [0.25, 0.3) is 0 Å². The number of rotatable bonds is 4. The van der Waals surface area contributed by atoms with Crippen molar-refractivity contribution in [3.05, 3.63) is 41.2 Å². The minimum absolute atomic E-state index is 0.706. The van der Waals surface area contributed by atoms with E-state index in [2.05, 4.69) is 22.1 Å².